The van der Waals surface area contributed by atoms with E-state index in [-0.39, 0.29) is 20.4 Å². The second kappa shape index (κ2) is 12.5. The molecule has 7 nitrogen and oxygen atoms in total. The number of aliphatic hydroxyl groups is 1. The zero-order valence-corrected chi connectivity index (χ0v) is 16.4. The van der Waals surface area contributed by atoms with Crippen molar-refractivity contribution in [3.63, 3.8) is 0 Å². The summed E-state index contributed by atoms with van der Waals surface area (Å²) in [4.78, 5) is 0. The first kappa shape index (κ1) is 22.3. The molecule has 0 spiro atoms. The van der Waals surface area contributed by atoms with Gasteiger partial charge in [-0.3, -0.25) is 0 Å². The maximum atomic E-state index is 11.2. The van der Waals surface area contributed by atoms with Crippen LogP contribution >= 0.6 is 0 Å². The number of ether oxygens (including phenoxy) is 6. The van der Waals surface area contributed by atoms with Crippen molar-refractivity contribution in [1.82, 2.24) is 0 Å². The van der Waals surface area contributed by atoms with Crippen LogP contribution in [0.15, 0.2) is 54.6 Å². The van der Waals surface area contributed by atoms with E-state index in [1.165, 1.54) is 21.3 Å². The molecule has 154 valence electrons. The summed E-state index contributed by atoms with van der Waals surface area (Å²) in [5, 5.41) is 11.2. The Balaban J connectivity index is 2.37. The summed E-state index contributed by atoms with van der Waals surface area (Å²) in [5.41, 5.74) is 1.40. The summed E-state index contributed by atoms with van der Waals surface area (Å²) in [6, 6.07) is 16.7. The van der Waals surface area contributed by atoms with Crippen molar-refractivity contribution < 1.29 is 33.5 Å². The minimum Gasteiger partial charge on any atom is -0.467 e. The first-order valence-corrected chi connectivity index (χ1v) is 8.87. The fourth-order valence-corrected chi connectivity index (χ4v) is 2.81. The highest BCUT2D eigenvalue weighted by Gasteiger charge is 2.34. The highest BCUT2D eigenvalue weighted by atomic mass is 16.7. The van der Waals surface area contributed by atoms with Gasteiger partial charge in [0, 0.05) is 26.9 Å². The first-order chi connectivity index (χ1) is 13.7. The summed E-state index contributed by atoms with van der Waals surface area (Å²) in [7, 11) is 4.59. The predicted octanol–water partition coefficient (Wildman–Crippen LogP) is 3.05. The minimum absolute atomic E-state index is 0.0114. The molecule has 7 heteroatoms. The van der Waals surface area contributed by atoms with Crippen molar-refractivity contribution in [3.8, 4) is 5.75 Å². The Labute approximate surface area is 165 Å². The van der Waals surface area contributed by atoms with E-state index in [2.05, 4.69) is 0 Å². The summed E-state index contributed by atoms with van der Waals surface area (Å²) >= 11 is 0. The minimum atomic E-state index is -1.05. The Kier molecular flexibility index (Phi) is 9.92. The molecule has 0 aliphatic carbocycles. The molecule has 0 bridgehead atoms. The molecule has 2 aromatic rings. The third-order valence-corrected chi connectivity index (χ3v) is 4.05. The average molecular weight is 392 g/mol. The van der Waals surface area contributed by atoms with Gasteiger partial charge in [0.05, 0.1) is 0 Å². The molecule has 2 rings (SSSR count). The van der Waals surface area contributed by atoms with E-state index in [9.17, 15) is 5.11 Å². The molecule has 0 fully saturated rings. The molecule has 28 heavy (non-hydrogen) atoms. The molecule has 0 aliphatic heterocycles. The molecule has 0 aromatic heterocycles. The van der Waals surface area contributed by atoms with E-state index in [4.69, 9.17) is 28.4 Å². The maximum Gasteiger partial charge on any atom is 0.188 e. The summed E-state index contributed by atoms with van der Waals surface area (Å²) in [6.45, 7) is 0.0963. The van der Waals surface area contributed by atoms with Gasteiger partial charge < -0.3 is 33.5 Å². The molecule has 0 heterocycles. The van der Waals surface area contributed by atoms with Gasteiger partial charge in [-0.25, -0.2) is 0 Å². The zero-order chi connectivity index (χ0) is 20.2. The van der Waals surface area contributed by atoms with Crippen molar-refractivity contribution in [1.29, 1.82) is 0 Å². The molecule has 0 radical (unpaired) electrons. The Morgan fingerprint density at radius 1 is 0.750 bits per heavy atom. The van der Waals surface area contributed by atoms with Crippen LogP contribution in [0.4, 0.5) is 0 Å². The molecule has 3 atom stereocenters. The summed E-state index contributed by atoms with van der Waals surface area (Å²) < 4.78 is 32.4. The molecule has 1 unspecified atom stereocenters. The van der Waals surface area contributed by atoms with Crippen LogP contribution in [0, 0.1) is 0 Å². The lowest BCUT2D eigenvalue weighted by molar-refractivity contribution is -0.189. The number of aliphatic hydroxyl groups excluding tert-OH is 1. The van der Waals surface area contributed by atoms with Crippen LogP contribution < -0.4 is 4.74 Å². The van der Waals surface area contributed by atoms with E-state index < -0.39 is 18.3 Å². The lowest BCUT2D eigenvalue weighted by Crippen LogP contribution is -2.32. The molecule has 1 N–H and O–H groups in total. The average Bonchev–Trinajstić information content (AvgIpc) is 2.75. The topological polar surface area (TPSA) is 75.6 Å². The van der Waals surface area contributed by atoms with Gasteiger partial charge in [0.2, 0.25) is 0 Å². The smallest absolute Gasteiger partial charge is 0.188 e. The van der Waals surface area contributed by atoms with E-state index in [0.717, 1.165) is 5.56 Å². The number of rotatable bonds is 13. The molecule has 2 aromatic carbocycles. The normalized spacial score (nSPS) is 14.4. The maximum absolute atomic E-state index is 11.2. The molecular formula is C21H28O7. The Morgan fingerprint density at radius 2 is 1.36 bits per heavy atom. The van der Waals surface area contributed by atoms with Gasteiger partial charge in [-0.15, -0.1) is 0 Å². The standard InChI is InChI=1S/C21H28O7/c1-23-13-26-18-12-8-7-11-17(18)19(22)21(28-15-25-3)20(27-14-24-2)16-9-5-4-6-10-16/h4-12,19-22H,13-15H2,1-3H3/t19?,20-,21+/m1/s1. The van der Waals surface area contributed by atoms with Gasteiger partial charge in [-0.1, -0.05) is 48.5 Å². The fraction of sp³-hybridized carbons (Fsp3) is 0.429. The van der Waals surface area contributed by atoms with E-state index in [1.54, 1.807) is 12.1 Å². The number of hydrogen-bond donors (Lipinski definition) is 1. The largest absolute Gasteiger partial charge is 0.467 e. The molecule has 0 aliphatic rings. The fourth-order valence-electron chi connectivity index (χ4n) is 2.81. The summed E-state index contributed by atoms with van der Waals surface area (Å²) in [5.74, 6) is 0.501. The summed E-state index contributed by atoms with van der Waals surface area (Å²) in [6.07, 6.45) is -2.42. The first-order valence-electron chi connectivity index (χ1n) is 8.87. The second-order valence-electron chi connectivity index (χ2n) is 5.98. The molecule has 0 amide bonds. The van der Waals surface area contributed by atoms with Crippen molar-refractivity contribution in [2.45, 2.75) is 18.3 Å². The van der Waals surface area contributed by atoms with Crippen molar-refractivity contribution in [2.24, 2.45) is 0 Å². The predicted molar refractivity (Wildman–Crippen MR) is 103 cm³/mol. The Bertz CT molecular complexity index is 665. The number of hydrogen-bond acceptors (Lipinski definition) is 7. The van der Waals surface area contributed by atoms with E-state index in [1.807, 2.05) is 42.5 Å². The SMILES string of the molecule is COCOc1ccccc1C(O)[C@H](OCOC)[C@H](OCOC)c1ccccc1. The van der Waals surface area contributed by atoms with E-state index >= 15 is 0 Å². The zero-order valence-electron chi connectivity index (χ0n) is 16.4. The third kappa shape index (κ3) is 6.27. The highest BCUT2D eigenvalue weighted by molar-refractivity contribution is 5.36. The second-order valence-corrected chi connectivity index (χ2v) is 5.98. The van der Waals surface area contributed by atoms with Gasteiger partial charge in [0.1, 0.15) is 37.6 Å². The van der Waals surface area contributed by atoms with Gasteiger partial charge in [0.15, 0.2) is 6.79 Å². The van der Waals surface area contributed by atoms with Gasteiger partial charge in [-0.2, -0.15) is 0 Å². The molecule has 0 saturated carbocycles. The number of benzene rings is 2. The van der Waals surface area contributed by atoms with Gasteiger partial charge >= 0.3 is 0 Å². The number of para-hydroxylation sites is 1. The van der Waals surface area contributed by atoms with Crippen LogP contribution in [0.5, 0.6) is 5.75 Å². The third-order valence-electron chi connectivity index (χ3n) is 4.05. The Hall–Kier alpha value is -2.00. The molecular weight excluding hydrogens is 364 g/mol. The van der Waals surface area contributed by atoms with Crippen LogP contribution in [-0.2, 0) is 23.7 Å². The monoisotopic (exact) mass is 392 g/mol. The lowest BCUT2D eigenvalue weighted by atomic mass is 9.95. The Morgan fingerprint density at radius 3 is 2.04 bits per heavy atom. The van der Waals surface area contributed by atoms with Crippen LogP contribution in [0.2, 0.25) is 0 Å². The van der Waals surface area contributed by atoms with Crippen molar-refractivity contribution >= 4 is 0 Å². The van der Waals surface area contributed by atoms with Crippen molar-refractivity contribution in [3.05, 3.63) is 65.7 Å². The van der Waals surface area contributed by atoms with Gasteiger partial charge in [-0.05, 0) is 11.6 Å². The van der Waals surface area contributed by atoms with Crippen LogP contribution in [0.1, 0.15) is 23.3 Å². The van der Waals surface area contributed by atoms with Crippen LogP contribution in [0.25, 0.3) is 0 Å². The number of methoxy groups -OCH3 is 3. The van der Waals surface area contributed by atoms with Crippen LogP contribution in [0.3, 0.4) is 0 Å². The highest BCUT2D eigenvalue weighted by Crippen LogP contribution is 2.36. The van der Waals surface area contributed by atoms with Gasteiger partial charge in [0.25, 0.3) is 0 Å². The molecule has 0 saturated heterocycles. The van der Waals surface area contributed by atoms with Crippen molar-refractivity contribution in [2.75, 3.05) is 41.7 Å². The van der Waals surface area contributed by atoms with Crippen LogP contribution in [-0.4, -0.2) is 52.9 Å². The lowest BCUT2D eigenvalue weighted by Gasteiger charge is -2.31. The quantitative estimate of drug-likeness (QED) is 0.525. The van der Waals surface area contributed by atoms with E-state index in [0.29, 0.717) is 11.3 Å².